The zero-order valence-electron chi connectivity index (χ0n) is 15.2. The molecule has 0 unspecified atom stereocenters. The number of aromatic nitrogens is 3. The molecule has 0 bridgehead atoms. The number of anilines is 3. The average molecular weight is 403 g/mol. The highest BCUT2D eigenvalue weighted by Gasteiger charge is 2.19. The van der Waals surface area contributed by atoms with Gasteiger partial charge in [0.1, 0.15) is 16.4 Å². The Hall–Kier alpha value is -2.85. The molecule has 0 fully saturated rings. The van der Waals surface area contributed by atoms with Crippen LogP contribution in [0.15, 0.2) is 23.6 Å². The second-order valence-electron chi connectivity index (χ2n) is 5.91. The molecule has 0 atom stereocenters. The van der Waals surface area contributed by atoms with Crippen molar-refractivity contribution in [1.82, 2.24) is 19.9 Å². The van der Waals surface area contributed by atoms with Gasteiger partial charge in [0, 0.05) is 25.2 Å². The fourth-order valence-corrected chi connectivity index (χ4v) is 3.85. The van der Waals surface area contributed by atoms with Gasteiger partial charge in [-0.2, -0.15) is 0 Å². The molecule has 0 aliphatic carbocycles. The standard InChI is InChI=1S/C17H18N6O2S2/c1-9-6-5-7-12(18-9)21-16-20-11(8-26-16)14(24)22-17-19-10(2)13(27-17)15(25)23(3)4/h5-8H,1-4H3,(H,18,20,21)(H,19,22,24). The number of aryl methyl sites for hydroxylation is 2. The van der Waals surface area contributed by atoms with Gasteiger partial charge in [-0.3, -0.25) is 14.9 Å². The molecule has 140 valence electrons. The topological polar surface area (TPSA) is 100 Å². The first-order chi connectivity index (χ1) is 12.8. The third kappa shape index (κ3) is 4.47. The zero-order valence-corrected chi connectivity index (χ0v) is 16.9. The lowest BCUT2D eigenvalue weighted by Gasteiger charge is -2.07. The van der Waals surface area contributed by atoms with Crippen LogP contribution in [0.25, 0.3) is 0 Å². The van der Waals surface area contributed by atoms with E-state index in [-0.39, 0.29) is 17.5 Å². The van der Waals surface area contributed by atoms with Crippen LogP contribution in [-0.4, -0.2) is 45.8 Å². The van der Waals surface area contributed by atoms with Crippen molar-refractivity contribution in [3.05, 3.63) is 45.5 Å². The van der Waals surface area contributed by atoms with Gasteiger partial charge >= 0.3 is 0 Å². The second kappa shape index (κ2) is 7.80. The number of carbonyl (C=O) groups excluding carboxylic acids is 2. The predicted octanol–water partition coefficient (Wildman–Crippen LogP) is 3.31. The highest BCUT2D eigenvalue weighted by molar-refractivity contribution is 7.17. The molecule has 10 heteroatoms. The van der Waals surface area contributed by atoms with Gasteiger partial charge in [-0.1, -0.05) is 17.4 Å². The van der Waals surface area contributed by atoms with Gasteiger partial charge in [-0.25, -0.2) is 15.0 Å². The summed E-state index contributed by atoms with van der Waals surface area (Å²) >= 11 is 2.45. The molecule has 0 spiro atoms. The van der Waals surface area contributed by atoms with Gasteiger partial charge in [0.2, 0.25) is 0 Å². The Balaban J connectivity index is 1.70. The maximum Gasteiger partial charge on any atom is 0.276 e. The summed E-state index contributed by atoms with van der Waals surface area (Å²) in [4.78, 5) is 39.4. The SMILES string of the molecule is Cc1cccc(Nc2nc(C(=O)Nc3nc(C)c(C(=O)N(C)C)s3)cs2)n1. The van der Waals surface area contributed by atoms with E-state index in [1.807, 2.05) is 25.1 Å². The van der Waals surface area contributed by atoms with Crippen LogP contribution in [0.3, 0.4) is 0 Å². The number of thiazole rings is 2. The molecule has 8 nitrogen and oxygen atoms in total. The van der Waals surface area contributed by atoms with Crippen molar-refractivity contribution in [2.24, 2.45) is 0 Å². The Morgan fingerprint density at radius 3 is 2.56 bits per heavy atom. The molecule has 0 saturated carbocycles. The summed E-state index contributed by atoms with van der Waals surface area (Å²) in [6.07, 6.45) is 0. The first-order valence-corrected chi connectivity index (χ1v) is 9.69. The highest BCUT2D eigenvalue weighted by Crippen LogP contribution is 2.25. The van der Waals surface area contributed by atoms with E-state index in [4.69, 9.17) is 0 Å². The van der Waals surface area contributed by atoms with Crippen LogP contribution >= 0.6 is 22.7 Å². The molecule has 3 heterocycles. The van der Waals surface area contributed by atoms with E-state index >= 15 is 0 Å². The number of rotatable bonds is 5. The third-order valence-electron chi connectivity index (χ3n) is 3.48. The second-order valence-corrected chi connectivity index (χ2v) is 7.77. The number of nitrogens with one attached hydrogen (secondary N) is 2. The Bertz CT molecular complexity index is 995. The lowest BCUT2D eigenvalue weighted by molar-refractivity contribution is 0.0831. The minimum atomic E-state index is -0.380. The highest BCUT2D eigenvalue weighted by atomic mass is 32.1. The summed E-state index contributed by atoms with van der Waals surface area (Å²) in [5, 5.41) is 8.36. The average Bonchev–Trinajstić information content (AvgIpc) is 3.21. The fourth-order valence-electron chi connectivity index (χ4n) is 2.17. The molecule has 0 radical (unpaired) electrons. The first-order valence-electron chi connectivity index (χ1n) is 8.00. The van der Waals surface area contributed by atoms with Gasteiger partial charge in [-0.05, 0) is 26.0 Å². The number of hydrogen-bond donors (Lipinski definition) is 2. The molecule has 0 saturated heterocycles. The number of nitrogens with zero attached hydrogens (tertiary/aromatic N) is 4. The van der Waals surface area contributed by atoms with E-state index in [0.717, 1.165) is 17.0 Å². The maximum atomic E-state index is 12.4. The molecule has 2 amide bonds. The molecule has 3 aromatic heterocycles. The van der Waals surface area contributed by atoms with Crippen LogP contribution in [0, 0.1) is 13.8 Å². The van der Waals surface area contributed by atoms with Crippen molar-refractivity contribution >= 4 is 50.6 Å². The van der Waals surface area contributed by atoms with E-state index in [1.54, 1.807) is 26.4 Å². The van der Waals surface area contributed by atoms with Crippen LogP contribution in [0.5, 0.6) is 0 Å². The molecule has 2 N–H and O–H groups in total. The Labute approximate surface area is 164 Å². The summed E-state index contributed by atoms with van der Waals surface area (Å²) < 4.78 is 0. The molecule has 3 aromatic rings. The molecule has 0 aliphatic rings. The van der Waals surface area contributed by atoms with Gasteiger partial charge in [0.05, 0.1) is 5.69 Å². The number of amides is 2. The molecule has 0 aliphatic heterocycles. The van der Waals surface area contributed by atoms with E-state index in [9.17, 15) is 9.59 Å². The van der Waals surface area contributed by atoms with Crippen molar-refractivity contribution in [3.8, 4) is 0 Å². The largest absolute Gasteiger partial charge is 0.344 e. The summed E-state index contributed by atoms with van der Waals surface area (Å²) in [5.41, 5.74) is 1.74. The van der Waals surface area contributed by atoms with Crippen molar-refractivity contribution in [1.29, 1.82) is 0 Å². The van der Waals surface area contributed by atoms with Crippen molar-refractivity contribution < 1.29 is 9.59 Å². The summed E-state index contributed by atoms with van der Waals surface area (Å²) in [6.45, 7) is 3.64. The summed E-state index contributed by atoms with van der Waals surface area (Å²) in [5.74, 6) is 0.143. The number of carbonyl (C=O) groups is 2. The Morgan fingerprint density at radius 2 is 1.85 bits per heavy atom. The molecule has 27 heavy (non-hydrogen) atoms. The van der Waals surface area contributed by atoms with Crippen molar-refractivity contribution in [2.75, 3.05) is 24.7 Å². The lowest BCUT2D eigenvalue weighted by atomic mass is 10.3. The minimum Gasteiger partial charge on any atom is -0.344 e. The van der Waals surface area contributed by atoms with Crippen LogP contribution in [0.4, 0.5) is 16.1 Å². The minimum absolute atomic E-state index is 0.142. The summed E-state index contributed by atoms with van der Waals surface area (Å²) in [7, 11) is 3.35. The Kier molecular flexibility index (Phi) is 5.47. The van der Waals surface area contributed by atoms with Crippen LogP contribution < -0.4 is 10.6 Å². The van der Waals surface area contributed by atoms with Gasteiger partial charge in [0.25, 0.3) is 11.8 Å². The monoisotopic (exact) mass is 402 g/mol. The van der Waals surface area contributed by atoms with Gasteiger partial charge < -0.3 is 10.2 Å². The quantitative estimate of drug-likeness (QED) is 0.679. The summed E-state index contributed by atoms with van der Waals surface area (Å²) in [6, 6.07) is 5.62. The van der Waals surface area contributed by atoms with E-state index in [0.29, 0.717) is 26.7 Å². The molecular weight excluding hydrogens is 384 g/mol. The molecular formula is C17H18N6O2S2. The van der Waals surface area contributed by atoms with Crippen LogP contribution in [-0.2, 0) is 0 Å². The number of pyridine rings is 1. The molecule has 0 aromatic carbocycles. The zero-order chi connectivity index (χ0) is 19.6. The van der Waals surface area contributed by atoms with Crippen molar-refractivity contribution in [3.63, 3.8) is 0 Å². The van der Waals surface area contributed by atoms with E-state index in [1.165, 1.54) is 16.2 Å². The van der Waals surface area contributed by atoms with E-state index < -0.39 is 0 Å². The molecule has 3 rings (SSSR count). The fraction of sp³-hybridized carbons (Fsp3) is 0.235. The van der Waals surface area contributed by atoms with Crippen LogP contribution in [0.1, 0.15) is 31.5 Å². The maximum absolute atomic E-state index is 12.4. The van der Waals surface area contributed by atoms with E-state index in [2.05, 4.69) is 25.6 Å². The predicted molar refractivity (Wildman–Crippen MR) is 107 cm³/mol. The van der Waals surface area contributed by atoms with Gasteiger partial charge in [0.15, 0.2) is 10.3 Å². The normalized spacial score (nSPS) is 10.5. The van der Waals surface area contributed by atoms with Gasteiger partial charge in [-0.15, -0.1) is 11.3 Å². The third-order valence-corrected chi connectivity index (χ3v) is 5.30. The van der Waals surface area contributed by atoms with Crippen molar-refractivity contribution in [2.45, 2.75) is 13.8 Å². The first kappa shape index (κ1) is 18.9. The van der Waals surface area contributed by atoms with Crippen LogP contribution in [0.2, 0.25) is 0 Å². The smallest absolute Gasteiger partial charge is 0.276 e. The Morgan fingerprint density at radius 1 is 1.07 bits per heavy atom. The lowest BCUT2D eigenvalue weighted by Crippen LogP contribution is -2.21. The number of hydrogen-bond acceptors (Lipinski definition) is 8.